The first kappa shape index (κ1) is 23.1. The lowest BCUT2D eigenvalue weighted by Gasteiger charge is -2.42. The maximum absolute atomic E-state index is 11.7. The molecule has 2 aromatic rings. The lowest BCUT2D eigenvalue weighted by molar-refractivity contribution is -0.194. The number of carbonyl (C=O) groups excluding carboxylic acids is 1. The molecule has 0 amide bonds. The second kappa shape index (κ2) is 11.2. The van der Waals surface area contributed by atoms with E-state index in [9.17, 15) is 9.90 Å². The number of ether oxygens (including phenoxy) is 3. The number of thioether (sulfide) groups is 1. The molecule has 8 nitrogen and oxygen atoms in total. The molecule has 1 aliphatic rings. The molecule has 0 saturated carbocycles. The summed E-state index contributed by atoms with van der Waals surface area (Å²) in [5, 5.41) is 14.6. The number of benzene rings is 2. The summed E-state index contributed by atoms with van der Waals surface area (Å²) in [6.45, 7) is 3.67. The predicted octanol–water partition coefficient (Wildman–Crippen LogP) is 4.00. The number of esters is 1. The van der Waals surface area contributed by atoms with Crippen LogP contribution < -0.4 is 0 Å². The predicted molar refractivity (Wildman–Crippen MR) is 116 cm³/mol. The highest BCUT2D eigenvalue weighted by atomic mass is 32.2. The molecule has 1 heterocycles. The average Bonchev–Trinajstić information content (AvgIpc) is 2.75. The van der Waals surface area contributed by atoms with Gasteiger partial charge in [0.2, 0.25) is 0 Å². The van der Waals surface area contributed by atoms with Crippen LogP contribution in [0.5, 0.6) is 0 Å². The third-order valence-corrected chi connectivity index (χ3v) is 5.96. The highest BCUT2D eigenvalue weighted by Gasteiger charge is 2.47. The zero-order valence-corrected chi connectivity index (χ0v) is 18.1. The summed E-state index contributed by atoms with van der Waals surface area (Å²) in [4.78, 5) is 15.4. The molecular formula is C22H25N3O5S. The Balaban J connectivity index is 1.77. The van der Waals surface area contributed by atoms with Gasteiger partial charge in [0.1, 0.15) is 29.8 Å². The Kier molecular flexibility index (Phi) is 8.34. The molecule has 1 fully saturated rings. The summed E-state index contributed by atoms with van der Waals surface area (Å²) >= 11 is 1.34. The van der Waals surface area contributed by atoms with Gasteiger partial charge in [-0.2, -0.15) is 0 Å². The first-order chi connectivity index (χ1) is 15.0. The van der Waals surface area contributed by atoms with E-state index in [1.807, 2.05) is 61.5 Å². The summed E-state index contributed by atoms with van der Waals surface area (Å²) in [7, 11) is 0. The molecule has 1 aliphatic heterocycles. The first-order valence-electron chi connectivity index (χ1n) is 9.88. The van der Waals surface area contributed by atoms with Gasteiger partial charge < -0.3 is 19.3 Å². The van der Waals surface area contributed by atoms with Crippen molar-refractivity contribution in [2.75, 3.05) is 6.61 Å². The number of carbonyl (C=O) groups is 1. The number of aliphatic hydroxyl groups is 1. The molecule has 9 heteroatoms. The minimum absolute atomic E-state index is 0.0851. The summed E-state index contributed by atoms with van der Waals surface area (Å²) in [6.07, 6.45) is -3.01. The van der Waals surface area contributed by atoms with Crippen molar-refractivity contribution >= 4 is 17.7 Å². The minimum Gasteiger partial charge on any atom is -0.459 e. The molecule has 0 radical (unpaired) electrons. The number of aryl methyl sites for hydroxylation is 1. The number of azide groups is 1. The van der Waals surface area contributed by atoms with Gasteiger partial charge in [-0.3, -0.25) is 4.79 Å². The third kappa shape index (κ3) is 6.46. The van der Waals surface area contributed by atoms with Crippen LogP contribution >= 0.6 is 11.8 Å². The molecule has 0 aromatic heterocycles. The molecule has 1 N–H and O–H groups in total. The standard InChI is InChI=1S/C22H25N3O5S/c1-14-8-10-17(11-9-14)31-22-19(24-25-23)21(29-15(2)26)20(27)18(30-22)13-28-12-16-6-4-3-5-7-16/h3-11,18-22,27H,12-13H2,1-2H3/t18-,19-,20-,21-,22?/m1/s1. The zero-order chi connectivity index (χ0) is 22.2. The molecule has 164 valence electrons. The van der Waals surface area contributed by atoms with Crippen LogP contribution in [0.4, 0.5) is 0 Å². The van der Waals surface area contributed by atoms with Crippen molar-refractivity contribution in [3.63, 3.8) is 0 Å². The van der Waals surface area contributed by atoms with Crippen molar-refractivity contribution in [3.05, 3.63) is 76.2 Å². The van der Waals surface area contributed by atoms with E-state index in [1.54, 1.807) is 0 Å². The van der Waals surface area contributed by atoms with Crippen molar-refractivity contribution in [2.45, 2.75) is 55.1 Å². The van der Waals surface area contributed by atoms with Crippen molar-refractivity contribution in [1.82, 2.24) is 0 Å². The molecule has 0 spiro atoms. The molecule has 1 saturated heterocycles. The lowest BCUT2D eigenvalue weighted by atomic mass is 9.98. The summed E-state index contributed by atoms with van der Waals surface area (Å²) in [6, 6.07) is 16.5. The highest BCUT2D eigenvalue weighted by molar-refractivity contribution is 7.99. The molecule has 2 aromatic carbocycles. The average molecular weight is 444 g/mol. The fourth-order valence-electron chi connectivity index (χ4n) is 3.27. The van der Waals surface area contributed by atoms with Gasteiger partial charge in [0.25, 0.3) is 0 Å². The first-order valence-corrected chi connectivity index (χ1v) is 10.8. The Bertz CT molecular complexity index is 905. The van der Waals surface area contributed by atoms with E-state index in [4.69, 9.17) is 19.7 Å². The van der Waals surface area contributed by atoms with E-state index in [0.717, 1.165) is 16.0 Å². The van der Waals surface area contributed by atoms with Crippen LogP contribution in [0.1, 0.15) is 18.1 Å². The highest BCUT2D eigenvalue weighted by Crippen LogP contribution is 2.36. The van der Waals surface area contributed by atoms with Gasteiger partial charge in [0, 0.05) is 16.7 Å². The molecule has 31 heavy (non-hydrogen) atoms. The van der Waals surface area contributed by atoms with Crippen LogP contribution in [-0.4, -0.2) is 47.5 Å². The second-order valence-corrected chi connectivity index (χ2v) is 8.41. The fourth-order valence-corrected chi connectivity index (χ4v) is 4.37. The van der Waals surface area contributed by atoms with Gasteiger partial charge >= 0.3 is 5.97 Å². The van der Waals surface area contributed by atoms with Gasteiger partial charge in [0.15, 0.2) is 0 Å². The van der Waals surface area contributed by atoms with Crippen LogP contribution in [0.25, 0.3) is 10.4 Å². The van der Waals surface area contributed by atoms with Gasteiger partial charge in [-0.15, -0.1) is 0 Å². The van der Waals surface area contributed by atoms with Crippen molar-refractivity contribution in [2.24, 2.45) is 5.11 Å². The number of aliphatic hydroxyl groups excluding tert-OH is 1. The van der Waals surface area contributed by atoms with Crippen LogP contribution in [0, 0.1) is 6.92 Å². The van der Waals surface area contributed by atoms with Crippen LogP contribution in [0.15, 0.2) is 64.6 Å². The van der Waals surface area contributed by atoms with Crippen molar-refractivity contribution in [1.29, 1.82) is 0 Å². The number of rotatable bonds is 8. The Labute approximate surface area is 185 Å². The largest absolute Gasteiger partial charge is 0.459 e. The maximum atomic E-state index is 11.7. The van der Waals surface area contributed by atoms with E-state index >= 15 is 0 Å². The van der Waals surface area contributed by atoms with Gasteiger partial charge in [-0.1, -0.05) is 64.9 Å². The van der Waals surface area contributed by atoms with Gasteiger partial charge in [-0.25, -0.2) is 0 Å². The Morgan fingerprint density at radius 3 is 2.58 bits per heavy atom. The molecule has 0 aliphatic carbocycles. The molecule has 0 bridgehead atoms. The van der Waals surface area contributed by atoms with E-state index in [1.165, 1.54) is 18.7 Å². The zero-order valence-electron chi connectivity index (χ0n) is 17.3. The minimum atomic E-state index is -1.20. The molecule has 5 atom stereocenters. The number of nitrogens with zero attached hydrogens (tertiary/aromatic N) is 3. The maximum Gasteiger partial charge on any atom is 0.303 e. The Hall–Kier alpha value is -2.55. The smallest absolute Gasteiger partial charge is 0.303 e. The molecule has 3 rings (SSSR count). The van der Waals surface area contributed by atoms with Crippen LogP contribution in [-0.2, 0) is 25.6 Å². The quantitative estimate of drug-likeness (QED) is 0.285. The van der Waals surface area contributed by atoms with Crippen molar-refractivity contribution < 1.29 is 24.1 Å². The van der Waals surface area contributed by atoms with Crippen LogP contribution in [0.2, 0.25) is 0 Å². The second-order valence-electron chi connectivity index (χ2n) is 7.23. The topological polar surface area (TPSA) is 114 Å². The Morgan fingerprint density at radius 1 is 1.23 bits per heavy atom. The van der Waals surface area contributed by atoms with Gasteiger partial charge in [-0.05, 0) is 30.2 Å². The van der Waals surface area contributed by atoms with E-state index in [0.29, 0.717) is 6.61 Å². The monoisotopic (exact) mass is 443 g/mol. The summed E-state index contributed by atoms with van der Waals surface area (Å²) in [5.41, 5.74) is 10.5. The molecular weight excluding hydrogens is 418 g/mol. The normalized spacial score (nSPS) is 25.5. The summed E-state index contributed by atoms with van der Waals surface area (Å²) < 4.78 is 17.2. The summed E-state index contributed by atoms with van der Waals surface area (Å²) in [5.74, 6) is -0.577. The van der Waals surface area contributed by atoms with Crippen molar-refractivity contribution in [3.8, 4) is 0 Å². The number of hydrogen-bond acceptors (Lipinski definition) is 7. The Morgan fingerprint density at radius 2 is 1.94 bits per heavy atom. The number of hydrogen-bond donors (Lipinski definition) is 1. The molecule has 1 unspecified atom stereocenters. The van der Waals surface area contributed by atoms with Crippen LogP contribution in [0.3, 0.4) is 0 Å². The van der Waals surface area contributed by atoms with E-state index in [2.05, 4.69) is 10.0 Å². The van der Waals surface area contributed by atoms with E-state index < -0.39 is 35.8 Å². The third-order valence-electron chi connectivity index (χ3n) is 4.80. The fraction of sp³-hybridized carbons (Fsp3) is 0.409. The van der Waals surface area contributed by atoms with Gasteiger partial charge in [0.05, 0.1) is 13.2 Å². The van der Waals surface area contributed by atoms with E-state index in [-0.39, 0.29) is 6.61 Å². The lowest BCUT2D eigenvalue weighted by Crippen LogP contribution is -2.58. The SMILES string of the molecule is CC(=O)O[C@H]1[C@H](O)[C@@H](COCc2ccccc2)OC(Sc2ccc(C)cc2)[C@@H]1N=[N+]=[N-].